The van der Waals surface area contributed by atoms with Crippen molar-refractivity contribution >= 4 is 29.1 Å². The highest BCUT2D eigenvalue weighted by Crippen LogP contribution is 2.27. The maximum atomic E-state index is 12.0. The van der Waals surface area contributed by atoms with Crippen LogP contribution in [0.25, 0.3) is 0 Å². The van der Waals surface area contributed by atoms with Crippen molar-refractivity contribution in [2.45, 2.75) is 44.9 Å². The number of hydrazine groups is 1. The predicted molar refractivity (Wildman–Crippen MR) is 100 cm³/mol. The van der Waals surface area contributed by atoms with Gasteiger partial charge in [-0.05, 0) is 48.8 Å². The highest BCUT2D eigenvalue weighted by molar-refractivity contribution is 7.80. The number of benzene rings is 1. The number of hydrogen-bond donors (Lipinski definition) is 3. The van der Waals surface area contributed by atoms with Crippen LogP contribution in [0, 0.1) is 5.92 Å². The van der Waals surface area contributed by atoms with Crippen LogP contribution in [0.4, 0.5) is 0 Å². The van der Waals surface area contributed by atoms with Gasteiger partial charge in [0.2, 0.25) is 5.91 Å². The minimum Gasteiger partial charge on any atom is -0.497 e. The fourth-order valence-electron chi connectivity index (χ4n) is 2.96. The van der Waals surface area contributed by atoms with Gasteiger partial charge in [-0.2, -0.15) is 0 Å². The number of thiocarbonyl (C=S) groups is 1. The van der Waals surface area contributed by atoms with Crippen LogP contribution in [0.3, 0.4) is 0 Å². The van der Waals surface area contributed by atoms with Crippen molar-refractivity contribution < 1.29 is 14.3 Å². The number of ether oxygens (including phenoxy) is 1. The molecular weight excluding hydrogens is 338 g/mol. The Morgan fingerprint density at radius 2 is 1.80 bits per heavy atom. The van der Waals surface area contributed by atoms with Crippen LogP contribution in [0.5, 0.6) is 5.75 Å². The molecule has 136 valence electrons. The van der Waals surface area contributed by atoms with E-state index >= 15 is 0 Å². The van der Waals surface area contributed by atoms with Gasteiger partial charge in [0.25, 0.3) is 5.91 Å². The van der Waals surface area contributed by atoms with E-state index in [1.165, 1.54) is 32.1 Å². The van der Waals surface area contributed by atoms with Crippen molar-refractivity contribution in [2.24, 2.45) is 5.92 Å². The van der Waals surface area contributed by atoms with Gasteiger partial charge in [0.15, 0.2) is 5.11 Å². The van der Waals surface area contributed by atoms with Crippen molar-refractivity contribution in [1.82, 2.24) is 16.2 Å². The van der Waals surface area contributed by atoms with E-state index in [1.807, 2.05) is 0 Å². The SMILES string of the molecule is COc1ccc(C(=O)NNC(=S)NC(=O)CCC2CCCCC2)cc1. The van der Waals surface area contributed by atoms with Crippen molar-refractivity contribution in [1.29, 1.82) is 0 Å². The quantitative estimate of drug-likeness (QED) is 0.554. The predicted octanol–water partition coefficient (Wildman–Crippen LogP) is 2.69. The van der Waals surface area contributed by atoms with Crippen molar-refractivity contribution in [2.75, 3.05) is 7.11 Å². The van der Waals surface area contributed by atoms with Crippen molar-refractivity contribution in [3.63, 3.8) is 0 Å². The third kappa shape index (κ3) is 6.70. The monoisotopic (exact) mass is 363 g/mol. The second-order valence-electron chi connectivity index (χ2n) is 6.23. The first kappa shape index (κ1) is 19.2. The second kappa shape index (κ2) is 9.98. The van der Waals surface area contributed by atoms with Gasteiger partial charge in [-0.1, -0.05) is 32.1 Å². The minimum atomic E-state index is -0.346. The Balaban J connectivity index is 1.66. The molecule has 25 heavy (non-hydrogen) atoms. The summed E-state index contributed by atoms with van der Waals surface area (Å²) in [6.07, 6.45) is 7.63. The summed E-state index contributed by atoms with van der Waals surface area (Å²) in [5.74, 6) is 0.851. The maximum Gasteiger partial charge on any atom is 0.269 e. The minimum absolute atomic E-state index is 0.0931. The molecule has 0 aliphatic heterocycles. The van der Waals surface area contributed by atoms with Gasteiger partial charge in [0.1, 0.15) is 5.75 Å². The molecule has 0 unspecified atom stereocenters. The van der Waals surface area contributed by atoms with E-state index in [9.17, 15) is 9.59 Å². The Morgan fingerprint density at radius 1 is 1.12 bits per heavy atom. The molecule has 0 heterocycles. The molecule has 1 aliphatic rings. The molecule has 0 radical (unpaired) electrons. The highest BCUT2D eigenvalue weighted by Gasteiger charge is 2.15. The Hall–Kier alpha value is -2.15. The fraction of sp³-hybridized carbons (Fsp3) is 0.500. The molecule has 6 nitrogen and oxygen atoms in total. The zero-order valence-electron chi connectivity index (χ0n) is 14.5. The fourth-order valence-corrected chi connectivity index (χ4v) is 3.12. The van der Waals surface area contributed by atoms with Crippen LogP contribution in [0.15, 0.2) is 24.3 Å². The number of rotatable bonds is 5. The first-order valence-corrected chi connectivity index (χ1v) is 9.03. The van der Waals surface area contributed by atoms with Crippen LogP contribution in [0.1, 0.15) is 55.3 Å². The van der Waals surface area contributed by atoms with Crippen LogP contribution in [-0.4, -0.2) is 24.0 Å². The van der Waals surface area contributed by atoms with E-state index in [0.29, 0.717) is 23.7 Å². The topological polar surface area (TPSA) is 79.5 Å². The van der Waals surface area contributed by atoms with Gasteiger partial charge in [-0.15, -0.1) is 0 Å². The van der Waals surface area contributed by atoms with E-state index < -0.39 is 0 Å². The smallest absolute Gasteiger partial charge is 0.269 e. The Kier molecular flexibility index (Phi) is 7.66. The van der Waals surface area contributed by atoms with Crippen LogP contribution in [0.2, 0.25) is 0 Å². The summed E-state index contributed by atoms with van der Waals surface area (Å²) in [4.78, 5) is 23.9. The van der Waals surface area contributed by atoms with Gasteiger partial charge >= 0.3 is 0 Å². The molecule has 1 saturated carbocycles. The van der Waals surface area contributed by atoms with Crippen molar-refractivity contribution in [3.05, 3.63) is 29.8 Å². The first-order valence-electron chi connectivity index (χ1n) is 8.62. The van der Waals surface area contributed by atoms with Crippen LogP contribution < -0.4 is 20.9 Å². The lowest BCUT2D eigenvalue weighted by atomic mass is 9.86. The summed E-state index contributed by atoms with van der Waals surface area (Å²) in [5, 5.41) is 2.68. The third-order valence-corrected chi connectivity index (χ3v) is 4.60. The standard InChI is InChI=1S/C18H25N3O3S/c1-24-15-10-8-14(9-11-15)17(23)20-21-18(25)19-16(22)12-7-13-5-3-2-4-6-13/h8-11,13H,2-7,12H2,1H3,(H,20,23)(H2,19,21,22,25). The van der Waals surface area contributed by atoms with Gasteiger partial charge < -0.3 is 10.1 Å². The van der Waals surface area contributed by atoms with Gasteiger partial charge in [0.05, 0.1) is 7.11 Å². The number of methoxy groups -OCH3 is 1. The molecule has 0 atom stereocenters. The van der Waals surface area contributed by atoms with E-state index in [0.717, 1.165) is 6.42 Å². The Bertz CT molecular complexity index is 598. The maximum absolute atomic E-state index is 12.0. The van der Waals surface area contributed by atoms with Crippen molar-refractivity contribution in [3.8, 4) is 5.75 Å². The lowest BCUT2D eigenvalue weighted by molar-refractivity contribution is -0.120. The van der Waals surface area contributed by atoms with E-state index in [1.54, 1.807) is 31.4 Å². The Labute approximate surface area is 153 Å². The Morgan fingerprint density at radius 3 is 2.44 bits per heavy atom. The molecule has 1 aromatic rings. The van der Waals surface area contributed by atoms with E-state index in [-0.39, 0.29) is 16.9 Å². The van der Waals surface area contributed by atoms with Gasteiger partial charge in [-0.3, -0.25) is 20.4 Å². The molecule has 0 bridgehead atoms. The molecule has 0 spiro atoms. The third-order valence-electron chi connectivity index (χ3n) is 4.40. The first-order chi connectivity index (χ1) is 12.1. The largest absolute Gasteiger partial charge is 0.497 e. The zero-order valence-corrected chi connectivity index (χ0v) is 15.3. The summed E-state index contributed by atoms with van der Waals surface area (Å²) in [5.41, 5.74) is 5.47. The lowest BCUT2D eigenvalue weighted by Crippen LogP contribution is -2.48. The van der Waals surface area contributed by atoms with E-state index in [4.69, 9.17) is 17.0 Å². The molecule has 2 rings (SSSR count). The van der Waals surface area contributed by atoms with Crippen LogP contribution >= 0.6 is 12.2 Å². The lowest BCUT2D eigenvalue weighted by Gasteiger charge is -2.21. The summed E-state index contributed by atoms with van der Waals surface area (Å²) in [6.45, 7) is 0. The molecule has 1 aromatic carbocycles. The number of carbonyl (C=O) groups excluding carboxylic acids is 2. The summed E-state index contributed by atoms with van der Waals surface area (Å²) < 4.78 is 5.04. The van der Waals surface area contributed by atoms with Crippen LogP contribution in [-0.2, 0) is 4.79 Å². The zero-order chi connectivity index (χ0) is 18.1. The molecule has 0 saturated heterocycles. The molecule has 0 aromatic heterocycles. The number of carbonyl (C=O) groups is 2. The number of amides is 2. The van der Waals surface area contributed by atoms with Gasteiger partial charge in [0, 0.05) is 12.0 Å². The number of nitrogens with one attached hydrogen (secondary N) is 3. The highest BCUT2D eigenvalue weighted by atomic mass is 32.1. The molecule has 7 heteroatoms. The molecule has 1 fully saturated rings. The second-order valence-corrected chi connectivity index (χ2v) is 6.64. The summed E-state index contributed by atoms with van der Waals surface area (Å²) in [7, 11) is 1.56. The molecule has 2 amide bonds. The number of hydrogen-bond acceptors (Lipinski definition) is 4. The summed E-state index contributed by atoms with van der Waals surface area (Å²) in [6, 6.07) is 6.67. The molecular formula is C18H25N3O3S. The molecule has 3 N–H and O–H groups in total. The van der Waals surface area contributed by atoms with E-state index in [2.05, 4.69) is 16.2 Å². The average Bonchev–Trinajstić information content (AvgIpc) is 2.65. The normalized spacial score (nSPS) is 14.4. The molecule has 1 aliphatic carbocycles. The van der Waals surface area contributed by atoms with Gasteiger partial charge in [-0.25, -0.2) is 0 Å². The average molecular weight is 363 g/mol. The summed E-state index contributed by atoms with van der Waals surface area (Å²) >= 11 is 5.03.